The summed E-state index contributed by atoms with van der Waals surface area (Å²) >= 11 is 5.96. The molecule has 0 spiro atoms. The lowest BCUT2D eigenvalue weighted by Gasteiger charge is -2.41. The standard InChI is InChI=1S/C28H25ClFN3O3/c1-32-16-21(18-7-5-6-10-24(18)32)26-25(27(34)31-17-11-12-23(30)22(29)15-17)19-8-3-4-9-20(19)28(35)33(26)13-14-36-2/h3-12,15-16,25-26H,13-14H2,1-2H3,(H,31,34). The first-order valence-corrected chi connectivity index (χ1v) is 12.0. The number of methoxy groups -OCH3 is 1. The summed E-state index contributed by atoms with van der Waals surface area (Å²) in [6, 6.07) is 18.5. The SMILES string of the molecule is COCCN1C(=O)c2ccccc2C(C(=O)Nc2ccc(F)c(Cl)c2)C1c1cn(C)c2ccccc12. The van der Waals surface area contributed by atoms with Gasteiger partial charge in [-0.2, -0.15) is 0 Å². The van der Waals surface area contributed by atoms with E-state index in [0.717, 1.165) is 16.5 Å². The van der Waals surface area contributed by atoms with Gasteiger partial charge >= 0.3 is 0 Å². The molecule has 0 radical (unpaired) electrons. The maximum atomic E-state index is 14.0. The van der Waals surface area contributed by atoms with Crippen molar-refractivity contribution in [2.24, 2.45) is 7.05 Å². The third kappa shape index (κ3) is 4.14. The number of nitrogens with zero attached hydrogens (tertiary/aromatic N) is 2. The Hall–Kier alpha value is -3.68. The van der Waals surface area contributed by atoms with Crippen molar-refractivity contribution in [2.75, 3.05) is 25.6 Å². The van der Waals surface area contributed by atoms with E-state index in [2.05, 4.69) is 5.32 Å². The predicted octanol–water partition coefficient (Wildman–Crippen LogP) is 5.54. The second-order valence-electron chi connectivity index (χ2n) is 8.83. The van der Waals surface area contributed by atoms with E-state index in [1.165, 1.54) is 18.2 Å². The summed E-state index contributed by atoms with van der Waals surface area (Å²) in [5, 5.41) is 3.78. The second-order valence-corrected chi connectivity index (χ2v) is 9.24. The molecule has 2 unspecified atom stereocenters. The number of para-hydroxylation sites is 1. The fourth-order valence-electron chi connectivity index (χ4n) is 5.06. The molecule has 36 heavy (non-hydrogen) atoms. The number of carbonyl (C=O) groups excluding carboxylic acids is 2. The van der Waals surface area contributed by atoms with Crippen LogP contribution in [0.2, 0.25) is 5.02 Å². The number of ether oxygens (including phenoxy) is 1. The number of amides is 2. The number of hydrogen-bond acceptors (Lipinski definition) is 3. The molecule has 2 heterocycles. The number of aryl methyl sites for hydroxylation is 1. The normalized spacial score (nSPS) is 17.3. The molecule has 0 saturated heterocycles. The fourth-order valence-corrected chi connectivity index (χ4v) is 5.24. The van der Waals surface area contributed by atoms with Gasteiger partial charge in [0.2, 0.25) is 5.91 Å². The van der Waals surface area contributed by atoms with Gasteiger partial charge in [0.1, 0.15) is 5.82 Å². The van der Waals surface area contributed by atoms with Crippen LogP contribution in [0.1, 0.15) is 33.4 Å². The molecule has 6 nitrogen and oxygen atoms in total. The number of benzene rings is 3. The highest BCUT2D eigenvalue weighted by molar-refractivity contribution is 6.31. The molecule has 3 aromatic carbocycles. The summed E-state index contributed by atoms with van der Waals surface area (Å²) in [7, 11) is 3.53. The lowest BCUT2D eigenvalue weighted by molar-refractivity contribution is -0.119. The highest BCUT2D eigenvalue weighted by Gasteiger charge is 2.45. The maximum Gasteiger partial charge on any atom is 0.254 e. The molecule has 2 atom stereocenters. The molecule has 0 fully saturated rings. The number of aromatic nitrogens is 1. The van der Waals surface area contributed by atoms with Crippen LogP contribution in [0.25, 0.3) is 10.9 Å². The van der Waals surface area contributed by atoms with E-state index in [1.54, 1.807) is 24.1 Å². The first-order chi connectivity index (χ1) is 17.4. The van der Waals surface area contributed by atoms with Crippen LogP contribution >= 0.6 is 11.6 Å². The molecule has 2 amide bonds. The van der Waals surface area contributed by atoms with E-state index in [9.17, 15) is 14.0 Å². The largest absolute Gasteiger partial charge is 0.383 e. The van der Waals surface area contributed by atoms with Crippen molar-refractivity contribution in [2.45, 2.75) is 12.0 Å². The van der Waals surface area contributed by atoms with Crippen LogP contribution in [0, 0.1) is 5.82 Å². The number of anilines is 1. The first kappa shape index (κ1) is 24.0. The molecular formula is C28H25ClFN3O3. The number of carbonyl (C=O) groups is 2. The zero-order chi connectivity index (χ0) is 25.4. The zero-order valence-corrected chi connectivity index (χ0v) is 20.6. The van der Waals surface area contributed by atoms with Crippen LogP contribution in [0.3, 0.4) is 0 Å². The highest BCUT2D eigenvalue weighted by Crippen LogP contribution is 2.45. The van der Waals surface area contributed by atoms with Crippen LogP contribution in [0.4, 0.5) is 10.1 Å². The van der Waals surface area contributed by atoms with Gasteiger partial charge in [0.15, 0.2) is 0 Å². The van der Waals surface area contributed by atoms with Gasteiger partial charge in [0, 0.05) is 54.6 Å². The van der Waals surface area contributed by atoms with Gasteiger partial charge in [0.25, 0.3) is 5.91 Å². The van der Waals surface area contributed by atoms with Gasteiger partial charge in [-0.05, 0) is 35.9 Å². The lowest BCUT2D eigenvalue weighted by Crippen LogP contribution is -2.47. The molecule has 1 aliphatic rings. The Morgan fingerprint density at radius 3 is 2.61 bits per heavy atom. The summed E-state index contributed by atoms with van der Waals surface area (Å²) in [5.41, 5.74) is 3.35. The van der Waals surface area contributed by atoms with Crippen molar-refractivity contribution in [1.82, 2.24) is 9.47 Å². The van der Waals surface area contributed by atoms with Gasteiger partial charge in [-0.3, -0.25) is 9.59 Å². The third-order valence-corrected chi connectivity index (χ3v) is 6.98. The number of fused-ring (bicyclic) bond motifs is 2. The van der Waals surface area contributed by atoms with Crippen molar-refractivity contribution in [1.29, 1.82) is 0 Å². The lowest BCUT2D eigenvalue weighted by atomic mass is 9.79. The Morgan fingerprint density at radius 2 is 1.83 bits per heavy atom. The van der Waals surface area contributed by atoms with Crippen molar-refractivity contribution in [3.8, 4) is 0 Å². The second kappa shape index (κ2) is 9.76. The Bertz CT molecular complexity index is 1470. The molecule has 184 valence electrons. The van der Waals surface area contributed by atoms with E-state index < -0.39 is 17.8 Å². The minimum atomic E-state index is -0.731. The van der Waals surface area contributed by atoms with E-state index in [-0.39, 0.29) is 16.8 Å². The minimum absolute atomic E-state index is 0.0839. The molecule has 1 aliphatic heterocycles. The first-order valence-electron chi connectivity index (χ1n) is 11.6. The molecule has 0 saturated carbocycles. The Morgan fingerprint density at radius 1 is 1.08 bits per heavy atom. The average Bonchev–Trinajstić information content (AvgIpc) is 3.21. The summed E-state index contributed by atoms with van der Waals surface area (Å²) in [5.74, 6) is -1.78. The van der Waals surface area contributed by atoms with Gasteiger partial charge in [-0.1, -0.05) is 48.0 Å². The molecule has 5 rings (SSSR count). The van der Waals surface area contributed by atoms with Crippen LogP contribution in [0.5, 0.6) is 0 Å². The van der Waals surface area contributed by atoms with E-state index in [4.69, 9.17) is 16.3 Å². The predicted molar refractivity (Wildman–Crippen MR) is 138 cm³/mol. The van der Waals surface area contributed by atoms with E-state index in [1.807, 2.05) is 54.2 Å². The quantitative estimate of drug-likeness (QED) is 0.374. The summed E-state index contributed by atoms with van der Waals surface area (Å²) in [4.78, 5) is 29.4. The van der Waals surface area contributed by atoms with Crippen LogP contribution in [0.15, 0.2) is 72.9 Å². The molecule has 8 heteroatoms. The topological polar surface area (TPSA) is 63.6 Å². The van der Waals surface area contributed by atoms with E-state index >= 15 is 0 Å². The van der Waals surface area contributed by atoms with Crippen molar-refractivity contribution in [3.63, 3.8) is 0 Å². The Labute approximate surface area is 213 Å². The van der Waals surface area contributed by atoms with Crippen LogP contribution < -0.4 is 5.32 Å². The van der Waals surface area contributed by atoms with Crippen molar-refractivity contribution >= 4 is 40.0 Å². The molecule has 1 aromatic heterocycles. The van der Waals surface area contributed by atoms with Crippen molar-refractivity contribution in [3.05, 3.63) is 100 Å². The number of rotatable bonds is 6. The fraction of sp³-hybridized carbons (Fsp3) is 0.214. The third-order valence-electron chi connectivity index (χ3n) is 6.69. The van der Waals surface area contributed by atoms with Gasteiger partial charge < -0.3 is 19.5 Å². The Kier molecular flexibility index (Phi) is 6.51. The number of hydrogen-bond donors (Lipinski definition) is 1. The van der Waals surface area contributed by atoms with Crippen LogP contribution in [-0.2, 0) is 16.6 Å². The number of nitrogens with one attached hydrogen (secondary N) is 1. The number of halogens is 2. The molecule has 0 bridgehead atoms. The van der Waals surface area contributed by atoms with Gasteiger partial charge in [0.05, 0.1) is 23.6 Å². The molecule has 0 aliphatic carbocycles. The summed E-state index contributed by atoms with van der Waals surface area (Å²) in [6.45, 7) is 0.626. The molecule has 4 aromatic rings. The highest BCUT2D eigenvalue weighted by atomic mass is 35.5. The van der Waals surface area contributed by atoms with Gasteiger partial charge in [-0.15, -0.1) is 0 Å². The van der Waals surface area contributed by atoms with E-state index in [0.29, 0.717) is 30.0 Å². The van der Waals surface area contributed by atoms with Gasteiger partial charge in [-0.25, -0.2) is 4.39 Å². The summed E-state index contributed by atoms with van der Waals surface area (Å²) in [6.07, 6.45) is 1.98. The minimum Gasteiger partial charge on any atom is -0.383 e. The van der Waals surface area contributed by atoms with Crippen LogP contribution in [-0.4, -0.2) is 41.5 Å². The summed E-state index contributed by atoms with van der Waals surface area (Å²) < 4.78 is 21.1. The monoisotopic (exact) mass is 505 g/mol. The molecular weight excluding hydrogens is 481 g/mol. The zero-order valence-electron chi connectivity index (χ0n) is 19.9. The van der Waals surface area contributed by atoms with Crippen molar-refractivity contribution < 1.29 is 18.7 Å². The molecule has 1 N–H and O–H groups in total. The maximum absolute atomic E-state index is 14.0. The Balaban J connectivity index is 1.68. The average molecular weight is 506 g/mol. The smallest absolute Gasteiger partial charge is 0.254 e.